The van der Waals surface area contributed by atoms with Crippen molar-refractivity contribution in [2.24, 2.45) is 5.92 Å². The van der Waals surface area contributed by atoms with E-state index in [9.17, 15) is 13.2 Å². The fraction of sp³-hybridized carbons (Fsp3) is 0.588. The van der Waals surface area contributed by atoms with Gasteiger partial charge in [0, 0.05) is 32.7 Å². The molecule has 1 aromatic carbocycles. The summed E-state index contributed by atoms with van der Waals surface area (Å²) in [6, 6.07) is 6.24. The van der Waals surface area contributed by atoms with Crippen molar-refractivity contribution in [2.75, 3.05) is 46.4 Å². The van der Waals surface area contributed by atoms with Gasteiger partial charge in [0.05, 0.1) is 18.6 Å². The summed E-state index contributed by atoms with van der Waals surface area (Å²) in [6.07, 6.45) is 0. The molecule has 0 atom stereocenters. The molecule has 1 saturated heterocycles. The van der Waals surface area contributed by atoms with E-state index in [1.165, 1.54) is 23.5 Å². The minimum atomic E-state index is -3.74. The minimum absolute atomic E-state index is 0.115. The molecular formula is C17H27N3O4S. The lowest BCUT2D eigenvalue weighted by Gasteiger charge is -2.30. The lowest BCUT2D eigenvalue weighted by atomic mass is 10.2. The SMILES string of the molecule is COc1ccc(S(=O)(=O)N(CC(=O)N2CCNCC2)CC(C)C)cc1. The van der Waals surface area contributed by atoms with Crippen molar-refractivity contribution < 1.29 is 17.9 Å². The van der Waals surface area contributed by atoms with Gasteiger partial charge in [-0.05, 0) is 30.2 Å². The summed E-state index contributed by atoms with van der Waals surface area (Å²) < 4.78 is 32.3. The van der Waals surface area contributed by atoms with Crippen LogP contribution < -0.4 is 10.1 Å². The van der Waals surface area contributed by atoms with Gasteiger partial charge in [-0.3, -0.25) is 4.79 Å². The summed E-state index contributed by atoms with van der Waals surface area (Å²) in [6.45, 7) is 6.73. The van der Waals surface area contributed by atoms with E-state index in [4.69, 9.17) is 4.74 Å². The van der Waals surface area contributed by atoms with Crippen LogP contribution in [-0.2, 0) is 14.8 Å². The highest BCUT2D eigenvalue weighted by atomic mass is 32.2. The molecule has 0 aliphatic carbocycles. The smallest absolute Gasteiger partial charge is 0.243 e. The number of hydrogen-bond acceptors (Lipinski definition) is 5. The molecule has 140 valence electrons. The second-order valence-electron chi connectivity index (χ2n) is 6.50. The molecule has 0 saturated carbocycles. The summed E-state index contributed by atoms with van der Waals surface area (Å²) >= 11 is 0. The number of methoxy groups -OCH3 is 1. The maximum atomic E-state index is 13.0. The number of ether oxygens (including phenoxy) is 1. The molecule has 0 bridgehead atoms. The van der Waals surface area contributed by atoms with Crippen LogP contribution in [0.2, 0.25) is 0 Å². The van der Waals surface area contributed by atoms with Crippen molar-refractivity contribution in [3.8, 4) is 5.75 Å². The molecule has 7 nitrogen and oxygen atoms in total. The van der Waals surface area contributed by atoms with Gasteiger partial charge in [0.15, 0.2) is 0 Å². The third-order valence-corrected chi connectivity index (χ3v) is 5.87. The normalized spacial score (nSPS) is 15.6. The van der Waals surface area contributed by atoms with E-state index >= 15 is 0 Å². The van der Waals surface area contributed by atoms with Crippen molar-refractivity contribution in [2.45, 2.75) is 18.7 Å². The largest absolute Gasteiger partial charge is 0.497 e. The Labute approximate surface area is 150 Å². The highest BCUT2D eigenvalue weighted by Gasteiger charge is 2.29. The summed E-state index contributed by atoms with van der Waals surface area (Å²) in [5, 5.41) is 3.18. The molecule has 0 unspecified atom stereocenters. The van der Waals surface area contributed by atoms with Crippen LogP contribution in [-0.4, -0.2) is 69.9 Å². The fourth-order valence-corrected chi connectivity index (χ4v) is 4.27. The molecule has 1 aliphatic rings. The Morgan fingerprint density at radius 2 is 1.84 bits per heavy atom. The van der Waals surface area contributed by atoms with Gasteiger partial charge in [0.25, 0.3) is 0 Å². The number of hydrogen-bond donors (Lipinski definition) is 1. The van der Waals surface area contributed by atoms with Gasteiger partial charge in [0.2, 0.25) is 15.9 Å². The Morgan fingerprint density at radius 3 is 2.36 bits per heavy atom. The van der Waals surface area contributed by atoms with Gasteiger partial charge in [-0.2, -0.15) is 4.31 Å². The first-order valence-electron chi connectivity index (χ1n) is 8.47. The Balaban J connectivity index is 2.20. The zero-order valence-electron chi connectivity index (χ0n) is 15.1. The number of benzene rings is 1. The molecular weight excluding hydrogens is 342 g/mol. The molecule has 0 radical (unpaired) electrons. The van der Waals surface area contributed by atoms with Crippen LogP contribution in [0.25, 0.3) is 0 Å². The lowest BCUT2D eigenvalue weighted by molar-refractivity contribution is -0.132. The monoisotopic (exact) mass is 369 g/mol. The van der Waals surface area contributed by atoms with Crippen molar-refractivity contribution in [1.82, 2.24) is 14.5 Å². The van der Waals surface area contributed by atoms with E-state index in [1.54, 1.807) is 17.0 Å². The third kappa shape index (κ3) is 5.17. The van der Waals surface area contributed by atoms with Gasteiger partial charge in [-0.25, -0.2) is 8.42 Å². The Bertz CT molecular complexity index is 668. The first-order valence-corrected chi connectivity index (χ1v) is 9.91. The van der Waals surface area contributed by atoms with E-state index in [0.717, 1.165) is 13.1 Å². The van der Waals surface area contributed by atoms with E-state index in [2.05, 4.69) is 5.32 Å². The molecule has 1 amide bonds. The van der Waals surface area contributed by atoms with Crippen LogP contribution in [0.3, 0.4) is 0 Å². The highest BCUT2D eigenvalue weighted by molar-refractivity contribution is 7.89. The number of carbonyl (C=O) groups excluding carboxylic acids is 1. The molecule has 25 heavy (non-hydrogen) atoms. The van der Waals surface area contributed by atoms with E-state index in [-0.39, 0.29) is 23.3 Å². The van der Waals surface area contributed by atoms with Crippen LogP contribution in [0.5, 0.6) is 5.75 Å². The standard InChI is InChI=1S/C17H27N3O4S/c1-14(2)12-20(13-17(21)19-10-8-18-9-11-19)25(22,23)16-6-4-15(24-3)5-7-16/h4-7,14,18H,8-13H2,1-3H3. The van der Waals surface area contributed by atoms with Crippen molar-refractivity contribution >= 4 is 15.9 Å². The maximum Gasteiger partial charge on any atom is 0.243 e. The molecule has 1 N–H and O–H groups in total. The highest BCUT2D eigenvalue weighted by Crippen LogP contribution is 2.20. The molecule has 1 aliphatic heterocycles. The Hall–Kier alpha value is -1.64. The van der Waals surface area contributed by atoms with Crippen LogP contribution in [0.4, 0.5) is 0 Å². The predicted molar refractivity (Wildman–Crippen MR) is 96.0 cm³/mol. The van der Waals surface area contributed by atoms with Crippen molar-refractivity contribution in [3.63, 3.8) is 0 Å². The van der Waals surface area contributed by atoms with Gasteiger partial charge < -0.3 is 15.0 Å². The predicted octanol–water partition coefficient (Wildman–Crippen LogP) is 0.774. The van der Waals surface area contributed by atoms with E-state index < -0.39 is 10.0 Å². The zero-order chi connectivity index (χ0) is 18.4. The molecule has 1 heterocycles. The molecule has 0 aromatic heterocycles. The van der Waals surface area contributed by atoms with E-state index in [1.807, 2.05) is 13.8 Å². The first kappa shape index (κ1) is 19.7. The van der Waals surface area contributed by atoms with Crippen LogP contribution in [0.1, 0.15) is 13.8 Å². The van der Waals surface area contributed by atoms with Gasteiger partial charge in [-0.1, -0.05) is 13.8 Å². The zero-order valence-corrected chi connectivity index (χ0v) is 15.9. The van der Waals surface area contributed by atoms with Gasteiger partial charge >= 0.3 is 0 Å². The summed E-state index contributed by atoms with van der Waals surface area (Å²) in [4.78, 5) is 14.4. The number of sulfonamides is 1. The number of amides is 1. The topological polar surface area (TPSA) is 79.0 Å². The molecule has 1 fully saturated rings. The van der Waals surface area contributed by atoms with E-state index in [0.29, 0.717) is 25.4 Å². The van der Waals surface area contributed by atoms with Gasteiger partial charge in [0.1, 0.15) is 5.75 Å². The third-order valence-electron chi connectivity index (χ3n) is 4.05. The van der Waals surface area contributed by atoms with Crippen LogP contribution >= 0.6 is 0 Å². The minimum Gasteiger partial charge on any atom is -0.497 e. The quantitative estimate of drug-likeness (QED) is 0.768. The summed E-state index contributed by atoms with van der Waals surface area (Å²) in [7, 11) is -2.21. The molecule has 8 heteroatoms. The maximum absolute atomic E-state index is 13.0. The Kier molecular flexibility index (Phi) is 6.80. The van der Waals surface area contributed by atoms with Crippen molar-refractivity contribution in [3.05, 3.63) is 24.3 Å². The lowest BCUT2D eigenvalue weighted by Crippen LogP contribution is -2.50. The van der Waals surface area contributed by atoms with Crippen molar-refractivity contribution in [1.29, 1.82) is 0 Å². The second-order valence-corrected chi connectivity index (χ2v) is 8.44. The first-order chi connectivity index (χ1) is 11.8. The molecule has 1 aromatic rings. The second kappa shape index (κ2) is 8.64. The fourth-order valence-electron chi connectivity index (χ4n) is 2.72. The average Bonchev–Trinajstić information content (AvgIpc) is 2.61. The summed E-state index contributed by atoms with van der Waals surface area (Å²) in [5.41, 5.74) is 0. The average molecular weight is 369 g/mol. The molecule has 2 rings (SSSR count). The number of nitrogens with one attached hydrogen (secondary N) is 1. The number of carbonyl (C=O) groups is 1. The van der Waals surface area contributed by atoms with Crippen LogP contribution in [0, 0.1) is 5.92 Å². The summed E-state index contributed by atoms with van der Waals surface area (Å²) in [5.74, 6) is 0.550. The van der Waals surface area contributed by atoms with Gasteiger partial charge in [-0.15, -0.1) is 0 Å². The number of nitrogens with zero attached hydrogens (tertiary/aromatic N) is 2. The molecule has 0 spiro atoms. The Morgan fingerprint density at radius 1 is 1.24 bits per heavy atom. The number of rotatable bonds is 7. The number of piperazine rings is 1. The van der Waals surface area contributed by atoms with Crippen LogP contribution in [0.15, 0.2) is 29.2 Å².